The first-order valence-electron chi connectivity index (χ1n) is 11.6. The van der Waals surface area contributed by atoms with E-state index in [1.807, 2.05) is 72.8 Å². The summed E-state index contributed by atoms with van der Waals surface area (Å²) in [5, 5.41) is 0. The topological polar surface area (TPSA) is 52.6 Å². The second kappa shape index (κ2) is 13.8. The van der Waals surface area contributed by atoms with Gasteiger partial charge in [-0.15, -0.1) is 0 Å². The molecule has 178 valence electrons. The van der Waals surface area contributed by atoms with Crippen LogP contribution in [0.25, 0.3) is 12.2 Å². The maximum Gasteiger partial charge on any atom is 0.330 e. The number of rotatable bonds is 6. The second-order valence-electron chi connectivity index (χ2n) is 7.43. The van der Waals surface area contributed by atoms with E-state index in [1.165, 1.54) is 12.2 Å². The van der Waals surface area contributed by atoms with Crippen molar-refractivity contribution in [1.29, 1.82) is 0 Å². The number of benzene rings is 3. The maximum absolute atomic E-state index is 12.0. The Hall–Kier alpha value is -4.80. The maximum atomic E-state index is 12.0. The minimum Gasteiger partial charge on any atom is -0.463 e. The van der Waals surface area contributed by atoms with Gasteiger partial charge in [0.1, 0.15) is 0 Å². The van der Waals surface area contributed by atoms with Gasteiger partial charge in [0.15, 0.2) is 0 Å². The molecule has 0 aliphatic rings. The van der Waals surface area contributed by atoms with Gasteiger partial charge in [-0.25, -0.2) is 9.59 Å². The van der Waals surface area contributed by atoms with E-state index in [0.717, 1.165) is 11.1 Å². The van der Waals surface area contributed by atoms with E-state index in [0.29, 0.717) is 22.3 Å². The van der Waals surface area contributed by atoms with Crippen LogP contribution in [0.15, 0.2) is 84.9 Å². The summed E-state index contributed by atoms with van der Waals surface area (Å²) in [5.41, 5.74) is 4.47. The molecule has 0 heterocycles. The first-order chi connectivity index (χ1) is 17.6. The summed E-state index contributed by atoms with van der Waals surface area (Å²) in [6.07, 6.45) is 6.07. The molecule has 3 aromatic carbocycles. The summed E-state index contributed by atoms with van der Waals surface area (Å²) in [7, 11) is 0. The van der Waals surface area contributed by atoms with E-state index in [4.69, 9.17) is 9.47 Å². The highest BCUT2D eigenvalue weighted by Crippen LogP contribution is 2.20. The van der Waals surface area contributed by atoms with E-state index < -0.39 is 11.9 Å². The largest absolute Gasteiger partial charge is 0.463 e. The molecule has 0 radical (unpaired) electrons. The number of hydrogen-bond acceptors (Lipinski definition) is 4. The van der Waals surface area contributed by atoms with Crippen molar-refractivity contribution in [2.75, 3.05) is 13.2 Å². The van der Waals surface area contributed by atoms with Crippen LogP contribution >= 0.6 is 0 Å². The lowest BCUT2D eigenvalue weighted by molar-refractivity contribution is -0.138. The van der Waals surface area contributed by atoms with Crippen LogP contribution in [0, 0.1) is 23.7 Å². The molecule has 36 heavy (non-hydrogen) atoms. The third kappa shape index (κ3) is 8.20. The molecule has 4 nitrogen and oxygen atoms in total. The highest BCUT2D eigenvalue weighted by Gasteiger charge is 2.07. The van der Waals surface area contributed by atoms with Crippen molar-refractivity contribution in [2.45, 2.75) is 13.8 Å². The zero-order valence-corrected chi connectivity index (χ0v) is 20.3. The van der Waals surface area contributed by atoms with E-state index in [2.05, 4.69) is 23.7 Å². The average Bonchev–Trinajstić information content (AvgIpc) is 2.90. The lowest BCUT2D eigenvalue weighted by atomic mass is 9.97. The zero-order chi connectivity index (χ0) is 25.6. The predicted octanol–water partition coefficient (Wildman–Crippen LogP) is 5.64. The molecular weight excluding hydrogens is 448 g/mol. The SMILES string of the molecule is CCOC(=O)/C=C/c1cc(C#Cc2ccccc2)c(/C=C/C(=O)OCC)cc1C#Cc1ccccc1. The van der Waals surface area contributed by atoms with Gasteiger partial charge < -0.3 is 9.47 Å². The molecule has 0 aliphatic heterocycles. The van der Waals surface area contributed by atoms with Crippen LogP contribution in [0.3, 0.4) is 0 Å². The van der Waals surface area contributed by atoms with Crippen LogP contribution in [-0.4, -0.2) is 25.2 Å². The molecule has 0 atom stereocenters. The molecule has 0 saturated heterocycles. The Balaban J connectivity index is 2.14. The molecule has 0 spiro atoms. The van der Waals surface area contributed by atoms with Crippen molar-refractivity contribution in [3.63, 3.8) is 0 Å². The summed E-state index contributed by atoms with van der Waals surface area (Å²) < 4.78 is 10.1. The number of esters is 2. The van der Waals surface area contributed by atoms with Crippen molar-refractivity contribution >= 4 is 24.1 Å². The van der Waals surface area contributed by atoms with Gasteiger partial charge >= 0.3 is 11.9 Å². The molecule has 0 aromatic heterocycles. The van der Waals surface area contributed by atoms with Gasteiger partial charge in [-0.3, -0.25) is 0 Å². The highest BCUT2D eigenvalue weighted by atomic mass is 16.5. The van der Waals surface area contributed by atoms with Crippen molar-refractivity contribution in [1.82, 2.24) is 0 Å². The van der Waals surface area contributed by atoms with Crippen LogP contribution in [0.1, 0.15) is 47.2 Å². The standard InChI is InChI=1S/C32H26O4/c1-3-35-31(33)21-19-29-23-28(18-16-26-13-9-6-10-14-26)30(20-22-32(34)36-4-2)24-27(29)17-15-25-11-7-5-8-12-25/h5-14,19-24H,3-4H2,1-2H3/b21-19+,22-20+. The van der Waals surface area contributed by atoms with Gasteiger partial charge in [-0.2, -0.15) is 0 Å². The fraction of sp³-hybridized carbons (Fsp3) is 0.125. The van der Waals surface area contributed by atoms with Gasteiger partial charge in [0.05, 0.1) is 13.2 Å². The minimum atomic E-state index is -0.442. The average molecular weight is 475 g/mol. The number of ether oxygens (including phenoxy) is 2. The Morgan fingerprint density at radius 1 is 0.639 bits per heavy atom. The zero-order valence-electron chi connectivity index (χ0n) is 20.3. The number of carbonyl (C=O) groups excluding carboxylic acids is 2. The van der Waals surface area contributed by atoms with Crippen LogP contribution < -0.4 is 0 Å². The Morgan fingerprint density at radius 2 is 1.03 bits per heavy atom. The quantitative estimate of drug-likeness (QED) is 0.264. The van der Waals surface area contributed by atoms with Gasteiger partial charge in [-0.1, -0.05) is 60.1 Å². The molecular formula is C32H26O4. The molecule has 3 rings (SSSR count). The van der Waals surface area contributed by atoms with Gasteiger partial charge in [-0.05, 0) is 73.5 Å². The third-order valence-corrected chi connectivity index (χ3v) is 4.82. The monoisotopic (exact) mass is 474 g/mol. The van der Waals surface area contributed by atoms with Crippen molar-refractivity contribution in [3.05, 3.63) is 118 Å². The van der Waals surface area contributed by atoms with Crippen LogP contribution in [0.5, 0.6) is 0 Å². The number of carbonyl (C=O) groups is 2. The Bertz CT molecular complexity index is 1270. The lowest BCUT2D eigenvalue weighted by Gasteiger charge is -2.06. The first kappa shape index (κ1) is 25.8. The van der Waals surface area contributed by atoms with E-state index in [-0.39, 0.29) is 13.2 Å². The summed E-state index contributed by atoms with van der Waals surface area (Å²) in [6, 6.07) is 22.9. The fourth-order valence-corrected chi connectivity index (χ4v) is 3.14. The minimum absolute atomic E-state index is 0.287. The first-order valence-corrected chi connectivity index (χ1v) is 11.6. The molecule has 4 heteroatoms. The summed E-state index contributed by atoms with van der Waals surface area (Å²) in [6.45, 7) is 4.08. The summed E-state index contributed by atoms with van der Waals surface area (Å²) >= 11 is 0. The van der Waals surface area contributed by atoms with Gasteiger partial charge in [0, 0.05) is 34.4 Å². The van der Waals surface area contributed by atoms with Gasteiger partial charge in [0.25, 0.3) is 0 Å². The van der Waals surface area contributed by atoms with Crippen molar-refractivity contribution < 1.29 is 19.1 Å². The van der Waals surface area contributed by atoms with Crippen LogP contribution in [0.2, 0.25) is 0 Å². The molecule has 0 unspecified atom stereocenters. The summed E-state index contributed by atoms with van der Waals surface area (Å²) in [5.74, 6) is 11.8. The molecule has 3 aromatic rings. The van der Waals surface area contributed by atoms with Crippen molar-refractivity contribution in [3.8, 4) is 23.7 Å². The molecule has 0 aliphatic carbocycles. The Labute approximate surface area is 212 Å². The van der Waals surface area contributed by atoms with E-state index in [1.54, 1.807) is 26.0 Å². The van der Waals surface area contributed by atoms with Crippen molar-refractivity contribution in [2.24, 2.45) is 0 Å². The predicted molar refractivity (Wildman–Crippen MR) is 143 cm³/mol. The van der Waals surface area contributed by atoms with Crippen LogP contribution in [-0.2, 0) is 19.1 Å². The lowest BCUT2D eigenvalue weighted by Crippen LogP contribution is -2.00. The molecule has 0 fully saturated rings. The van der Waals surface area contributed by atoms with E-state index >= 15 is 0 Å². The molecule has 0 bridgehead atoms. The van der Waals surface area contributed by atoms with Gasteiger partial charge in [0.2, 0.25) is 0 Å². The number of hydrogen-bond donors (Lipinski definition) is 0. The highest BCUT2D eigenvalue weighted by molar-refractivity contribution is 5.89. The molecule has 0 amide bonds. The van der Waals surface area contributed by atoms with E-state index in [9.17, 15) is 9.59 Å². The fourth-order valence-electron chi connectivity index (χ4n) is 3.14. The Morgan fingerprint density at radius 3 is 1.39 bits per heavy atom. The normalized spacial score (nSPS) is 10.3. The summed E-state index contributed by atoms with van der Waals surface area (Å²) in [4.78, 5) is 23.9. The molecule has 0 saturated carbocycles. The smallest absolute Gasteiger partial charge is 0.330 e. The third-order valence-electron chi connectivity index (χ3n) is 4.82. The second-order valence-corrected chi connectivity index (χ2v) is 7.43. The molecule has 0 N–H and O–H groups in total. The van der Waals surface area contributed by atoms with Crippen LogP contribution in [0.4, 0.5) is 0 Å². The Kier molecular flexibility index (Phi) is 9.89.